The highest BCUT2D eigenvalue weighted by molar-refractivity contribution is 5.96. The number of hydrogen-bond acceptors (Lipinski definition) is 2. The maximum absolute atomic E-state index is 12.1. The number of carbonyl (C=O) groups excluding carboxylic acids is 1. The molecule has 0 amide bonds. The number of Topliss-reactive ketones (excluding diaryl/α,β-unsaturated/α-hetero) is 1. The SMILES string of the molecule is Cc1ccoc1C(=O)Cc1ccc(C(C)(C)C)cc1. The van der Waals surface area contributed by atoms with E-state index in [-0.39, 0.29) is 11.2 Å². The molecule has 0 spiro atoms. The molecule has 1 aromatic carbocycles. The zero-order valence-electron chi connectivity index (χ0n) is 12.0. The molecule has 0 saturated heterocycles. The van der Waals surface area contributed by atoms with Crippen LogP contribution in [0.4, 0.5) is 0 Å². The van der Waals surface area contributed by atoms with Gasteiger partial charge in [-0.1, -0.05) is 45.0 Å². The van der Waals surface area contributed by atoms with Crippen molar-refractivity contribution >= 4 is 5.78 Å². The maximum Gasteiger partial charge on any atom is 0.202 e. The van der Waals surface area contributed by atoms with Crippen LogP contribution >= 0.6 is 0 Å². The lowest BCUT2D eigenvalue weighted by Crippen LogP contribution is -2.11. The van der Waals surface area contributed by atoms with Crippen LogP contribution in [0.5, 0.6) is 0 Å². The maximum atomic E-state index is 12.1. The zero-order valence-corrected chi connectivity index (χ0v) is 12.0. The van der Waals surface area contributed by atoms with Gasteiger partial charge in [0.05, 0.1) is 6.26 Å². The first-order chi connectivity index (χ1) is 8.88. The Balaban J connectivity index is 2.12. The van der Waals surface area contributed by atoms with Gasteiger partial charge >= 0.3 is 0 Å². The van der Waals surface area contributed by atoms with Crippen LogP contribution in [0.2, 0.25) is 0 Å². The van der Waals surface area contributed by atoms with Crippen molar-refractivity contribution in [3.63, 3.8) is 0 Å². The molecule has 0 N–H and O–H groups in total. The third-order valence-electron chi connectivity index (χ3n) is 3.30. The fourth-order valence-electron chi connectivity index (χ4n) is 2.05. The standard InChI is InChI=1S/C17H20O2/c1-12-9-10-19-16(12)15(18)11-13-5-7-14(8-6-13)17(2,3)4/h5-10H,11H2,1-4H3. The smallest absolute Gasteiger partial charge is 0.202 e. The molecule has 2 rings (SSSR count). The number of benzene rings is 1. The molecule has 0 radical (unpaired) electrons. The molecule has 0 bridgehead atoms. The van der Waals surface area contributed by atoms with Gasteiger partial charge in [-0.25, -0.2) is 0 Å². The molecule has 0 fully saturated rings. The first kappa shape index (κ1) is 13.6. The van der Waals surface area contributed by atoms with Gasteiger partial charge in [-0.15, -0.1) is 0 Å². The molecule has 1 aromatic heterocycles. The summed E-state index contributed by atoms with van der Waals surface area (Å²) in [7, 11) is 0. The number of aryl methyl sites for hydroxylation is 1. The fourth-order valence-corrected chi connectivity index (χ4v) is 2.05. The Hall–Kier alpha value is -1.83. The van der Waals surface area contributed by atoms with Crippen molar-refractivity contribution in [1.29, 1.82) is 0 Å². The lowest BCUT2D eigenvalue weighted by molar-refractivity contribution is 0.0965. The van der Waals surface area contributed by atoms with Gasteiger partial charge in [0, 0.05) is 6.42 Å². The van der Waals surface area contributed by atoms with Crippen LogP contribution < -0.4 is 0 Å². The van der Waals surface area contributed by atoms with Gasteiger partial charge in [-0.2, -0.15) is 0 Å². The summed E-state index contributed by atoms with van der Waals surface area (Å²) in [4.78, 5) is 12.1. The van der Waals surface area contributed by atoms with E-state index in [1.807, 2.05) is 25.1 Å². The van der Waals surface area contributed by atoms with Crippen LogP contribution in [0.1, 0.15) is 48.0 Å². The highest BCUT2D eigenvalue weighted by Crippen LogP contribution is 2.22. The van der Waals surface area contributed by atoms with Gasteiger partial charge in [0.15, 0.2) is 5.76 Å². The second kappa shape index (κ2) is 5.04. The third-order valence-corrected chi connectivity index (χ3v) is 3.30. The summed E-state index contributed by atoms with van der Waals surface area (Å²) in [6.07, 6.45) is 1.95. The Bertz CT molecular complexity index is 568. The van der Waals surface area contributed by atoms with Crippen LogP contribution in [-0.4, -0.2) is 5.78 Å². The molecule has 1 heterocycles. The van der Waals surface area contributed by atoms with Gasteiger partial charge in [0.1, 0.15) is 0 Å². The predicted octanol–water partition coefficient (Wildman–Crippen LogP) is 4.31. The largest absolute Gasteiger partial charge is 0.461 e. The number of hydrogen-bond donors (Lipinski definition) is 0. The van der Waals surface area contributed by atoms with Crippen molar-refractivity contribution in [2.45, 2.75) is 39.5 Å². The molecule has 0 saturated carbocycles. The van der Waals surface area contributed by atoms with Gasteiger partial charge < -0.3 is 4.42 Å². The molecule has 100 valence electrons. The Labute approximate surface area is 114 Å². The van der Waals surface area contributed by atoms with Gasteiger partial charge in [0.2, 0.25) is 5.78 Å². The van der Waals surface area contributed by atoms with E-state index in [9.17, 15) is 4.79 Å². The Morgan fingerprint density at radius 1 is 1.11 bits per heavy atom. The predicted molar refractivity (Wildman–Crippen MR) is 76.6 cm³/mol. The molecule has 0 aliphatic rings. The van der Waals surface area contributed by atoms with Crippen molar-refractivity contribution in [3.8, 4) is 0 Å². The summed E-state index contributed by atoms with van der Waals surface area (Å²) in [5, 5.41) is 0. The van der Waals surface area contributed by atoms with Crippen LogP contribution in [0.3, 0.4) is 0 Å². The van der Waals surface area contributed by atoms with E-state index in [4.69, 9.17) is 4.42 Å². The van der Waals surface area contributed by atoms with E-state index in [0.29, 0.717) is 12.2 Å². The molecule has 0 atom stereocenters. The van der Waals surface area contributed by atoms with Crippen molar-refractivity contribution in [2.75, 3.05) is 0 Å². The average molecular weight is 256 g/mol. The average Bonchev–Trinajstić information content (AvgIpc) is 2.75. The fraction of sp³-hybridized carbons (Fsp3) is 0.353. The Morgan fingerprint density at radius 2 is 1.74 bits per heavy atom. The van der Waals surface area contributed by atoms with E-state index in [1.54, 1.807) is 6.26 Å². The number of carbonyl (C=O) groups is 1. The second-order valence-corrected chi connectivity index (χ2v) is 5.98. The molecule has 19 heavy (non-hydrogen) atoms. The van der Waals surface area contributed by atoms with Crippen molar-refractivity contribution in [2.24, 2.45) is 0 Å². The monoisotopic (exact) mass is 256 g/mol. The number of rotatable bonds is 3. The van der Waals surface area contributed by atoms with E-state index in [2.05, 4.69) is 32.9 Å². The van der Waals surface area contributed by atoms with E-state index in [1.165, 1.54) is 5.56 Å². The van der Waals surface area contributed by atoms with E-state index in [0.717, 1.165) is 11.1 Å². The van der Waals surface area contributed by atoms with Gasteiger partial charge in [-0.05, 0) is 35.1 Å². The van der Waals surface area contributed by atoms with E-state index >= 15 is 0 Å². The lowest BCUT2D eigenvalue weighted by Gasteiger charge is -2.19. The van der Waals surface area contributed by atoms with Crippen LogP contribution in [0.15, 0.2) is 41.0 Å². The van der Waals surface area contributed by atoms with Crippen LogP contribution in [0, 0.1) is 6.92 Å². The lowest BCUT2D eigenvalue weighted by atomic mass is 9.86. The highest BCUT2D eigenvalue weighted by Gasteiger charge is 2.15. The molecular formula is C17H20O2. The minimum atomic E-state index is 0.0333. The first-order valence-electron chi connectivity index (χ1n) is 6.54. The second-order valence-electron chi connectivity index (χ2n) is 5.98. The summed E-state index contributed by atoms with van der Waals surface area (Å²) in [6.45, 7) is 8.43. The highest BCUT2D eigenvalue weighted by atomic mass is 16.3. The summed E-state index contributed by atoms with van der Waals surface area (Å²) in [6, 6.07) is 10.1. The normalized spacial score (nSPS) is 11.6. The first-order valence-corrected chi connectivity index (χ1v) is 6.54. The Kier molecular flexibility index (Phi) is 3.61. The summed E-state index contributed by atoms with van der Waals surface area (Å²) in [5.74, 6) is 0.505. The van der Waals surface area contributed by atoms with Crippen molar-refractivity contribution < 1.29 is 9.21 Å². The van der Waals surface area contributed by atoms with Gasteiger partial charge in [-0.3, -0.25) is 4.79 Å². The van der Waals surface area contributed by atoms with Crippen LogP contribution in [0.25, 0.3) is 0 Å². The molecule has 2 heteroatoms. The molecule has 2 nitrogen and oxygen atoms in total. The Morgan fingerprint density at radius 3 is 2.21 bits per heavy atom. The third kappa shape index (κ3) is 3.14. The number of furan rings is 1. The van der Waals surface area contributed by atoms with Gasteiger partial charge in [0.25, 0.3) is 0 Å². The van der Waals surface area contributed by atoms with Crippen molar-refractivity contribution in [3.05, 3.63) is 59.0 Å². The molecular weight excluding hydrogens is 236 g/mol. The molecule has 2 aromatic rings. The minimum absolute atomic E-state index is 0.0333. The topological polar surface area (TPSA) is 30.2 Å². The molecule has 0 aliphatic heterocycles. The summed E-state index contributed by atoms with van der Waals surface area (Å²) in [5.41, 5.74) is 3.34. The quantitative estimate of drug-likeness (QED) is 0.766. The summed E-state index contributed by atoms with van der Waals surface area (Å²) >= 11 is 0. The van der Waals surface area contributed by atoms with Crippen molar-refractivity contribution in [1.82, 2.24) is 0 Å². The minimum Gasteiger partial charge on any atom is -0.461 e. The zero-order chi connectivity index (χ0) is 14.0. The van der Waals surface area contributed by atoms with E-state index < -0.39 is 0 Å². The number of ketones is 1. The summed E-state index contributed by atoms with van der Waals surface area (Å²) < 4.78 is 5.23. The molecule has 0 unspecified atom stereocenters. The molecule has 0 aliphatic carbocycles. The van der Waals surface area contributed by atoms with Crippen LogP contribution in [-0.2, 0) is 11.8 Å².